The van der Waals surface area contributed by atoms with Crippen LogP contribution in [0.2, 0.25) is 0 Å². The second-order valence-corrected chi connectivity index (χ2v) is 4.37. The highest BCUT2D eigenvalue weighted by Crippen LogP contribution is 2.25. The summed E-state index contributed by atoms with van der Waals surface area (Å²) in [5.41, 5.74) is -0.481. The van der Waals surface area contributed by atoms with Gasteiger partial charge in [0.25, 0.3) is 0 Å². The number of aromatic hydroxyl groups is 2. The number of carbonyl (C=O) groups is 3. The number of phenols is 2. The van der Waals surface area contributed by atoms with Crippen molar-refractivity contribution < 1.29 is 39.5 Å². The van der Waals surface area contributed by atoms with Crippen LogP contribution in [-0.2, 0) is 4.79 Å². The van der Waals surface area contributed by atoms with Gasteiger partial charge in [-0.25, -0.2) is 9.59 Å². The molecular weight excluding hydrogens is 320 g/mol. The number of esters is 1. The first-order valence-corrected chi connectivity index (χ1v) is 6.49. The van der Waals surface area contributed by atoms with E-state index in [1.54, 1.807) is 12.1 Å². The summed E-state index contributed by atoms with van der Waals surface area (Å²) in [6, 6.07) is 9.73. The number of hydrogen-bond acceptors (Lipinski definition) is 6. The average Bonchev–Trinajstić information content (AvgIpc) is 2.47. The molecule has 2 aromatic carbocycles. The maximum Gasteiger partial charge on any atom is 0.343 e. The molecule has 24 heavy (non-hydrogen) atoms. The lowest BCUT2D eigenvalue weighted by molar-refractivity contribution is -0.131. The minimum absolute atomic E-state index is 0.0160. The molecule has 8 heteroatoms. The average molecular weight is 334 g/mol. The van der Waals surface area contributed by atoms with Crippen molar-refractivity contribution in [1.82, 2.24) is 0 Å². The zero-order chi connectivity index (χ0) is 18.3. The van der Waals surface area contributed by atoms with Gasteiger partial charge in [0.1, 0.15) is 28.4 Å². The number of para-hydroxylation sites is 1. The van der Waals surface area contributed by atoms with Gasteiger partial charge in [0, 0.05) is 6.92 Å². The van der Waals surface area contributed by atoms with Crippen LogP contribution in [0.25, 0.3) is 0 Å². The van der Waals surface area contributed by atoms with Gasteiger partial charge in [-0.05, 0) is 24.3 Å². The first-order valence-electron chi connectivity index (χ1n) is 6.49. The van der Waals surface area contributed by atoms with E-state index in [9.17, 15) is 14.4 Å². The second-order valence-electron chi connectivity index (χ2n) is 4.37. The number of carboxylic acid groups (broad SMARTS) is 2. The molecule has 0 spiro atoms. The van der Waals surface area contributed by atoms with Crippen molar-refractivity contribution in [2.75, 3.05) is 0 Å². The Morgan fingerprint density at radius 2 is 1.38 bits per heavy atom. The molecule has 0 aliphatic heterocycles. The van der Waals surface area contributed by atoms with E-state index in [2.05, 4.69) is 4.74 Å². The van der Waals surface area contributed by atoms with Crippen molar-refractivity contribution in [3.8, 4) is 17.2 Å². The van der Waals surface area contributed by atoms with Crippen LogP contribution >= 0.6 is 0 Å². The van der Waals surface area contributed by atoms with Gasteiger partial charge in [0.05, 0.1) is 0 Å². The third-order valence-corrected chi connectivity index (χ3v) is 2.61. The van der Waals surface area contributed by atoms with Gasteiger partial charge in [-0.2, -0.15) is 0 Å². The number of benzene rings is 2. The normalized spacial score (nSPS) is 9.38. The van der Waals surface area contributed by atoms with Crippen molar-refractivity contribution in [3.05, 3.63) is 53.6 Å². The van der Waals surface area contributed by atoms with E-state index in [1.165, 1.54) is 37.3 Å². The SMILES string of the molecule is CC(=O)Oc1ccccc1C(=O)O.O=C(O)c1c(O)cccc1O. The van der Waals surface area contributed by atoms with Crippen LogP contribution in [0.5, 0.6) is 17.2 Å². The van der Waals surface area contributed by atoms with Crippen LogP contribution in [0.1, 0.15) is 27.6 Å². The maximum absolute atomic E-state index is 10.6. The molecule has 0 aliphatic rings. The Morgan fingerprint density at radius 1 is 0.833 bits per heavy atom. The van der Waals surface area contributed by atoms with Crippen LogP contribution in [0.15, 0.2) is 42.5 Å². The summed E-state index contributed by atoms with van der Waals surface area (Å²) in [4.78, 5) is 31.5. The highest BCUT2D eigenvalue weighted by molar-refractivity contribution is 5.93. The van der Waals surface area contributed by atoms with E-state index in [4.69, 9.17) is 20.4 Å². The fourth-order valence-electron chi connectivity index (χ4n) is 1.63. The van der Waals surface area contributed by atoms with E-state index < -0.39 is 35.0 Å². The van der Waals surface area contributed by atoms with Gasteiger partial charge >= 0.3 is 17.9 Å². The number of carboxylic acids is 2. The summed E-state index contributed by atoms with van der Waals surface area (Å²) in [5.74, 6) is -3.79. The first kappa shape index (κ1) is 18.5. The molecule has 0 fully saturated rings. The Bertz CT molecular complexity index is 746. The fraction of sp³-hybridized carbons (Fsp3) is 0.0625. The molecule has 126 valence electrons. The summed E-state index contributed by atoms with van der Waals surface area (Å²) >= 11 is 0. The second kappa shape index (κ2) is 8.18. The Labute approximate surface area is 136 Å². The Hall–Kier alpha value is -3.55. The quantitative estimate of drug-likeness (QED) is 0.494. The van der Waals surface area contributed by atoms with Crippen molar-refractivity contribution in [3.63, 3.8) is 0 Å². The lowest BCUT2D eigenvalue weighted by atomic mass is 10.2. The number of aromatic carboxylic acids is 2. The molecule has 8 nitrogen and oxygen atoms in total. The predicted molar refractivity (Wildman–Crippen MR) is 81.4 cm³/mol. The van der Waals surface area contributed by atoms with Crippen LogP contribution in [0.4, 0.5) is 0 Å². The molecule has 0 aromatic heterocycles. The van der Waals surface area contributed by atoms with Crippen LogP contribution < -0.4 is 4.74 Å². The molecular formula is C16H14O8. The van der Waals surface area contributed by atoms with Gasteiger partial charge in [0.15, 0.2) is 0 Å². The highest BCUT2D eigenvalue weighted by atomic mass is 16.5. The van der Waals surface area contributed by atoms with Gasteiger partial charge < -0.3 is 25.2 Å². The van der Waals surface area contributed by atoms with Crippen molar-refractivity contribution >= 4 is 17.9 Å². The van der Waals surface area contributed by atoms with Crippen molar-refractivity contribution in [1.29, 1.82) is 0 Å². The molecule has 0 unspecified atom stereocenters. The van der Waals surface area contributed by atoms with E-state index in [0.717, 1.165) is 0 Å². The Morgan fingerprint density at radius 3 is 1.79 bits per heavy atom. The molecule has 0 amide bonds. The summed E-state index contributed by atoms with van der Waals surface area (Å²) in [6.45, 7) is 1.22. The largest absolute Gasteiger partial charge is 0.507 e. The molecule has 0 saturated heterocycles. The van der Waals surface area contributed by atoms with Gasteiger partial charge in [-0.15, -0.1) is 0 Å². The zero-order valence-corrected chi connectivity index (χ0v) is 12.5. The van der Waals surface area contributed by atoms with E-state index in [-0.39, 0.29) is 11.3 Å². The Kier molecular flexibility index (Phi) is 6.30. The lowest BCUT2D eigenvalue weighted by Gasteiger charge is -2.03. The molecule has 0 radical (unpaired) electrons. The topological polar surface area (TPSA) is 141 Å². The standard InChI is InChI=1S/C9H8O4.C7H6O4/c1-6(10)13-8-5-3-2-4-7(8)9(11)12;8-4-2-1-3-5(9)6(4)7(10)11/h2-5H,1H3,(H,11,12);1-3,8-9H,(H,10,11). The first-order chi connectivity index (χ1) is 11.2. The van der Waals surface area contributed by atoms with Gasteiger partial charge in [-0.1, -0.05) is 18.2 Å². The summed E-state index contributed by atoms with van der Waals surface area (Å²) < 4.78 is 4.69. The highest BCUT2D eigenvalue weighted by Gasteiger charge is 2.13. The maximum atomic E-state index is 10.6. The van der Waals surface area contributed by atoms with Crippen LogP contribution in [0, 0.1) is 0 Å². The minimum Gasteiger partial charge on any atom is -0.507 e. The number of ether oxygens (including phenoxy) is 1. The summed E-state index contributed by atoms with van der Waals surface area (Å²) in [5, 5.41) is 35.0. The van der Waals surface area contributed by atoms with Crippen molar-refractivity contribution in [2.24, 2.45) is 0 Å². The molecule has 4 N–H and O–H groups in total. The van der Waals surface area contributed by atoms with Crippen molar-refractivity contribution in [2.45, 2.75) is 6.92 Å². The van der Waals surface area contributed by atoms with Gasteiger partial charge in [-0.3, -0.25) is 4.79 Å². The molecule has 2 rings (SSSR count). The van der Waals surface area contributed by atoms with Crippen LogP contribution in [-0.4, -0.2) is 38.3 Å². The fourth-order valence-corrected chi connectivity index (χ4v) is 1.63. The van der Waals surface area contributed by atoms with E-state index >= 15 is 0 Å². The number of carbonyl (C=O) groups excluding carboxylic acids is 1. The number of rotatable bonds is 3. The minimum atomic E-state index is -1.35. The molecule has 0 bridgehead atoms. The summed E-state index contributed by atoms with van der Waals surface area (Å²) in [6.07, 6.45) is 0. The smallest absolute Gasteiger partial charge is 0.343 e. The molecule has 0 atom stereocenters. The number of hydrogen-bond donors (Lipinski definition) is 4. The van der Waals surface area contributed by atoms with E-state index in [1.807, 2.05) is 0 Å². The molecule has 0 saturated carbocycles. The predicted octanol–water partition coefficient (Wildman–Crippen LogP) is 2.11. The zero-order valence-electron chi connectivity index (χ0n) is 12.5. The summed E-state index contributed by atoms with van der Waals surface area (Å²) in [7, 11) is 0. The monoisotopic (exact) mass is 334 g/mol. The Balaban J connectivity index is 0.000000243. The van der Waals surface area contributed by atoms with Crippen LogP contribution in [0.3, 0.4) is 0 Å². The molecule has 0 aliphatic carbocycles. The molecule has 2 aromatic rings. The third kappa shape index (κ3) is 5.02. The molecule has 0 heterocycles. The van der Waals surface area contributed by atoms with E-state index in [0.29, 0.717) is 0 Å². The van der Waals surface area contributed by atoms with Gasteiger partial charge in [0.2, 0.25) is 0 Å². The lowest BCUT2D eigenvalue weighted by Crippen LogP contribution is -2.06. The third-order valence-electron chi connectivity index (χ3n) is 2.61.